The van der Waals surface area contributed by atoms with Crippen molar-refractivity contribution in [3.05, 3.63) is 32.6 Å². The van der Waals surface area contributed by atoms with Gasteiger partial charge in [-0.2, -0.15) is 0 Å². The molecule has 1 aromatic heterocycles. The molecule has 0 aromatic carbocycles. The third-order valence-corrected chi connectivity index (χ3v) is 1.60. The fourth-order valence-electron chi connectivity index (χ4n) is 0.928. The van der Waals surface area contributed by atoms with Crippen LogP contribution in [-0.2, 0) is 18.3 Å². The molecule has 0 fully saturated rings. The Morgan fingerprint density at radius 3 is 2.77 bits per heavy atom. The zero-order chi connectivity index (χ0) is 10.0. The molecule has 70 valence electrons. The normalized spacial score (nSPS) is 9.92. The molecular weight excluding hydrogens is 176 g/mol. The lowest BCUT2D eigenvalue weighted by atomic mass is 10.3. The van der Waals surface area contributed by atoms with E-state index >= 15 is 0 Å². The SMILES string of the molecule is Cn1c(CC(=O)O)cc(=O)[nH]c1=O. The molecule has 6 heteroatoms. The van der Waals surface area contributed by atoms with Crippen molar-refractivity contribution < 1.29 is 9.90 Å². The second-order valence-electron chi connectivity index (χ2n) is 2.56. The number of aliphatic carboxylic acids is 1. The summed E-state index contributed by atoms with van der Waals surface area (Å²) in [5, 5.41) is 8.45. The van der Waals surface area contributed by atoms with Crippen molar-refractivity contribution in [2.24, 2.45) is 7.05 Å². The summed E-state index contributed by atoms with van der Waals surface area (Å²) in [4.78, 5) is 34.1. The molecule has 0 amide bonds. The molecule has 0 aliphatic carbocycles. The van der Waals surface area contributed by atoms with Gasteiger partial charge in [-0.05, 0) is 0 Å². The fourth-order valence-corrected chi connectivity index (χ4v) is 0.928. The third-order valence-electron chi connectivity index (χ3n) is 1.60. The van der Waals surface area contributed by atoms with E-state index in [2.05, 4.69) is 0 Å². The van der Waals surface area contributed by atoms with Crippen molar-refractivity contribution in [1.82, 2.24) is 9.55 Å². The molecule has 0 atom stereocenters. The lowest BCUT2D eigenvalue weighted by molar-refractivity contribution is -0.136. The molecule has 6 nitrogen and oxygen atoms in total. The molecule has 1 heterocycles. The quantitative estimate of drug-likeness (QED) is 0.597. The summed E-state index contributed by atoms with van der Waals surface area (Å²) in [6, 6.07) is 1.09. The second kappa shape index (κ2) is 3.26. The van der Waals surface area contributed by atoms with Gasteiger partial charge in [0.2, 0.25) is 0 Å². The molecule has 0 spiro atoms. The zero-order valence-electron chi connectivity index (χ0n) is 6.90. The molecular formula is C7H8N2O4. The number of hydrogen-bond acceptors (Lipinski definition) is 3. The predicted octanol–water partition coefficient (Wildman–Crippen LogP) is -1.30. The van der Waals surface area contributed by atoms with Crippen LogP contribution >= 0.6 is 0 Å². The van der Waals surface area contributed by atoms with Crippen molar-refractivity contribution in [3.8, 4) is 0 Å². The van der Waals surface area contributed by atoms with E-state index in [1.165, 1.54) is 7.05 Å². The number of hydrogen-bond donors (Lipinski definition) is 2. The Morgan fingerprint density at radius 2 is 2.23 bits per heavy atom. The Bertz CT molecular complexity index is 443. The van der Waals surface area contributed by atoms with Gasteiger partial charge >= 0.3 is 11.7 Å². The minimum absolute atomic E-state index is 0.182. The van der Waals surface area contributed by atoms with Crippen LogP contribution in [0.15, 0.2) is 15.7 Å². The van der Waals surface area contributed by atoms with Gasteiger partial charge in [-0.15, -0.1) is 0 Å². The minimum atomic E-state index is -1.08. The third kappa shape index (κ3) is 2.05. The summed E-state index contributed by atoms with van der Waals surface area (Å²) in [5.41, 5.74) is -1.01. The molecule has 0 bridgehead atoms. The van der Waals surface area contributed by atoms with E-state index in [0.29, 0.717) is 0 Å². The van der Waals surface area contributed by atoms with Crippen molar-refractivity contribution in [3.63, 3.8) is 0 Å². The Kier molecular flexibility index (Phi) is 2.32. The van der Waals surface area contributed by atoms with Crippen LogP contribution in [0.5, 0.6) is 0 Å². The van der Waals surface area contributed by atoms with Crippen LogP contribution < -0.4 is 11.2 Å². The summed E-state index contributed by atoms with van der Waals surface area (Å²) in [6.07, 6.45) is -0.338. The molecule has 2 N–H and O–H groups in total. The Morgan fingerprint density at radius 1 is 1.62 bits per heavy atom. The topological polar surface area (TPSA) is 92.2 Å². The van der Waals surface area contributed by atoms with Crippen LogP contribution in [0.3, 0.4) is 0 Å². The highest BCUT2D eigenvalue weighted by Crippen LogP contribution is 1.90. The fraction of sp³-hybridized carbons (Fsp3) is 0.286. The maximum atomic E-state index is 11.0. The number of carboxylic acid groups (broad SMARTS) is 1. The zero-order valence-corrected chi connectivity index (χ0v) is 6.90. The van der Waals surface area contributed by atoms with Crippen molar-refractivity contribution in [2.45, 2.75) is 6.42 Å². The van der Waals surface area contributed by atoms with Gasteiger partial charge in [-0.3, -0.25) is 14.6 Å². The lowest BCUT2D eigenvalue weighted by Gasteiger charge is -2.02. The number of carboxylic acids is 1. The van der Waals surface area contributed by atoms with Gasteiger partial charge in [0, 0.05) is 18.8 Å². The van der Waals surface area contributed by atoms with Crippen molar-refractivity contribution in [1.29, 1.82) is 0 Å². The van der Waals surface area contributed by atoms with Crippen LogP contribution in [0.2, 0.25) is 0 Å². The monoisotopic (exact) mass is 184 g/mol. The van der Waals surface area contributed by atoms with Crippen molar-refractivity contribution in [2.75, 3.05) is 0 Å². The number of aromatic amines is 1. The molecule has 0 aliphatic heterocycles. The van der Waals surface area contributed by atoms with Crippen LogP contribution in [0.1, 0.15) is 5.69 Å². The molecule has 0 aliphatic rings. The van der Waals surface area contributed by atoms with E-state index < -0.39 is 17.2 Å². The van der Waals surface area contributed by atoms with Crippen LogP contribution in [-0.4, -0.2) is 20.6 Å². The van der Waals surface area contributed by atoms with E-state index in [9.17, 15) is 14.4 Å². The largest absolute Gasteiger partial charge is 0.481 e. The summed E-state index contributed by atoms with van der Waals surface area (Å²) in [5.74, 6) is -1.08. The standard InChI is InChI=1S/C7H8N2O4/c1-9-4(3-6(11)12)2-5(10)8-7(9)13/h2H,3H2,1H3,(H,11,12)(H,8,10,13). The van der Waals surface area contributed by atoms with E-state index in [4.69, 9.17) is 5.11 Å². The minimum Gasteiger partial charge on any atom is -0.481 e. The number of H-pyrrole nitrogens is 1. The number of carbonyl (C=O) groups is 1. The Hall–Kier alpha value is -1.85. The van der Waals surface area contributed by atoms with Gasteiger partial charge in [0.1, 0.15) is 0 Å². The molecule has 0 saturated carbocycles. The van der Waals surface area contributed by atoms with Gasteiger partial charge in [0.25, 0.3) is 5.56 Å². The van der Waals surface area contributed by atoms with Crippen LogP contribution in [0, 0.1) is 0 Å². The lowest BCUT2D eigenvalue weighted by Crippen LogP contribution is -2.30. The predicted molar refractivity (Wildman–Crippen MR) is 43.6 cm³/mol. The Labute approximate surface area is 72.5 Å². The summed E-state index contributed by atoms with van der Waals surface area (Å²) in [7, 11) is 1.40. The summed E-state index contributed by atoms with van der Waals surface area (Å²) >= 11 is 0. The van der Waals surface area contributed by atoms with Gasteiger partial charge < -0.3 is 9.67 Å². The number of aromatic nitrogens is 2. The molecule has 0 radical (unpaired) electrons. The number of nitrogens with one attached hydrogen (secondary N) is 1. The highest BCUT2D eigenvalue weighted by Gasteiger charge is 2.05. The van der Waals surface area contributed by atoms with Gasteiger partial charge in [-0.1, -0.05) is 0 Å². The average Bonchev–Trinajstić information content (AvgIpc) is 1.98. The Balaban J connectivity index is 3.28. The highest BCUT2D eigenvalue weighted by molar-refractivity contribution is 5.69. The van der Waals surface area contributed by atoms with E-state index in [0.717, 1.165) is 10.6 Å². The van der Waals surface area contributed by atoms with Gasteiger partial charge in [-0.25, -0.2) is 4.79 Å². The first-order valence-corrected chi connectivity index (χ1v) is 3.51. The molecule has 1 aromatic rings. The second-order valence-corrected chi connectivity index (χ2v) is 2.56. The van der Waals surface area contributed by atoms with E-state index in [1.807, 2.05) is 4.98 Å². The van der Waals surface area contributed by atoms with Crippen LogP contribution in [0.25, 0.3) is 0 Å². The van der Waals surface area contributed by atoms with E-state index in [-0.39, 0.29) is 12.1 Å². The first-order chi connectivity index (χ1) is 6.00. The molecule has 0 saturated heterocycles. The smallest absolute Gasteiger partial charge is 0.328 e. The van der Waals surface area contributed by atoms with Gasteiger partial charge in [0.05, 0.1) is 6.42 Å². The summed E-state index contributed by atoms with van der Waals surface area (Å²) < 4.78 is 1.09. The average molecular weight is 184 g/mol. The first-order valence-electron chi connectivity index (χ1n) is 3.51. The number of nitrogens with zero attached hydrogens (tertiary/aromatic N) is 1. The van der Waals surface area contributed by atoms with Crippen LogP contribution in [0.4, 0.5) is 0 Å². The maximum absolute atomic E-state index is 11.0. The molecule has 13 heavy (non-hydrogen) atoms. The first kappa shape index (κ1) is 9.24. The molecule has 0 unspecified atom stereocenters. The van der Waals surface area contributed by atoms with E-state index in [1.54, 1.807) is 0 Å². The summed E-state index contributed by atoms with van der Waals surface area (Å²) in [6.45, 7) is 0. The molecule has 1 rings (SSSR count). The van der Waals surface area contributed by atoms with Crippen molar-refractivity contribution >= 4 is 5.97 Å². The van der Waals surface area contributed by atoms with Gasteiger partial charge in [0.15, 0.2) is 0 Å². The highest BCUT2D eigenvalue weighted by atomic mass is 16.4. The maximum Gasteiger partial charge on any atom is 0.328 e. The number of rotatable bonds is 2.